The molecule has 2 heterocycles. The highest BCUT2D eigenvalue weighted by Gasteiger charge is 2.41. The summed E-state index contributed by atoms with van der Waals surface area (Å²) in [7, 11) is 2.59. The number of allylic oxidation sites excluding steroid dienone is 2. The minimum absolute atomic E-state index is 0.130. The fraction of sp³-hybridized carbons (Fsp3) is 0.190. The van der Waals surface area contributed by atoms with E-state index in [-0.39, 0.29) is 12.1 Å². The maximum absolute atomic E-state index is 6.93. The van der Waals surface area contributed by atoms with Gasteiger partial charge in [-0.05, 0) is 60.8 Å². The molecule has 6 heteroatoms. The van der Waals surface area contributed by atoms with Crippen LogP contribution in [0.25, 0.3) is 5.57 Å². The summed E-state index contributed by atoms with van der Waals surface area (Å²) in [4.78, 5) is 4.80. The summed E-state index contributed by atoms with van der Waals surface area (Å²) in [5.41, 5.74) is 3.62. The second kappa shape index (κ2) is 13.8. The summed E-state index contributed by atoms with van der Waals surface area (Å²) in [5.74, 6) is 0.982. The van der Waals surface area contributed by atoms with Crippen molar-refractivity contribution in [2.45, 2.75) is 12.1 Å². The number of nitrogens with zero attached hydrogens (tertiary/aromatic N) is 2. The van der Waals surface area contributed by atoms with Gasteiger partial charge in [-0.15, -0.1) is 0 Å². The molecule has 4 nitrogen and oxygen atoms in total. The Hall–Kier alpha value is -4.04. The number of benzene rings is 5. The van der Waals surface area contributed by atoms with Gasteiger partial charge in [0.1, 0.15) is 12.7 Å². The van der Waals surface area contributed by atoms with Crippen molar-refractivity contribution in [1.82, 2.24) is 4.90 Å². The maximum Gasteiger partial charge on any atom is 0.150 e. The number of ether oxygens (including phenoxy) is 2. The van der Waals surface area contributed by atoms with Gasteiger partial charge in [-0.25, -0.2) is 0 Å². The minimum atomic E-state index is -0.922. The van der Waals surface area contributed by atoms with E-state index in [9.17, 15) is 0 Å². The molecule has 240 valence electrons. The second-order valence-corrected chi connectivity index (χ2v) is 16.9. The summed E-state index contributed by atoms with van der Waals surface area (Å²) >= 11 is 0. The molecule has 3 aliphatic rings. The van der Waals surface area contributed by atoms with E-state index in [0.717, 1.165) is 24.5 Å². The Morgan fingerprint density at radius 1 is 0.604 bits per heavy atom. The third kappa shape index (κ3) is 5.82. The van der Waals surface area contributed by atoms with E-state index in [4.69, 9.17) is 9.47 Å². The third-order valence-electron chi connectivity index (χ3n) is 9.58. The Morgan fingerprint density at radius 2 is 1.15 bits per heavy atom. The molecular formula is C42H40N2O2P2. The molecule has 1 aliphatic carbocycles. The predicted molar refractivity (Wildman–Crippen MR) is 205 cm³/mol. The van der Waals surface area contributed by atoms with E-state index in [1.54, 1.807) is 0 Å². The molecule has 48 heavy (non-hydrogen) atoms. The van der Waals surface area contributed by atoms with Crippen molar-refractivity contribution in [3.8, 4) is 5.75 Å². The Balaban J connectivity index is 1.48. The number of rotatable bonds is 7. The molecule has 0 radical (unpaired) electrons. The van der Waals surface area contributed by atoms with Gasteiger partial charge in [-0.1, -0.05) is 140 Å². The fourth-order valence-corrected chi connectivity index (χ4v) is 12.2. The summed E-state index contributed by atoms with van der Waals surface area (Å²) in [6.07, 6.45) is 4.69. The molecule has 1 fully saturated rings. The molecular weight excluding hydrogens is 626 g/mol. The first-order valence-electron chi connectivity index (χ1n) is 16.7. The number of morpholine rings is 1. The van der Waals surface area contributed by atoms with Crippen LogP contribution in [0.15, 0.2) is 151 Å². The molecule has 0 spiro atoms. The van der Waals surface area contributed by atoms with E-state index in [1.807, 2.05) is 0 Å². The average molecular weight is 667 g/mol. The van der Waals surface area contributed by atoms with Crippen molar-refractivity contribution < 1.29 is 9.47 Å². The molecule has 5 aromatic rings. The smallest absolute Gasteiger partial charge is 0.150 e. The lowest BCUT2D eigenvalue weighted by Crippen LogP contribution is -2.50. The zero-order chi connectivity index (χ0) is 32.5. The molecule has 0 saturated carbocycles. The Bertz CT molecular complexity index is 1850. The molecule has 0 aromatic heterocycles. The van der Waals surface area contributed by atoms with Crippen LogP contribution in [-0.4, -0.2) is 57.4 Å². The highest BCUT2D eigenvalue weighted by Crippen LogP contribution is 2.54. The normalized spacial score (nSPS) is 19.3. The van der Waals surface area contributed by atoms with Crippen LogP contribution >= 0.6 is 15.8 Å². The first-order valence-corrected chi connectivity index (χ1v) is 19.4. The summed E-state index contributed by atoms with van der Waals surface area (Å²) in [5, 5.41) is 7.95. The van der Waals surface area contributed by atoms with E-state index < -0.39 is 15.8 Å². The van der Waals surface area contributed by atoms with E-state index in [0.29, 0.717) is 13.2 Å². The lowest BCUT2D eigenvalue weighted by atomic mass is 9.88. The van der Waals surface area contributed by atoms with E-state index >= 15 is 0 Å². The van der Waals surface area contributed by atoms with Gasteiger partial charge in [-0.2, -0.15) is 0 Å². The highest BCUT2D eigenvalue weighted by molar-refractivity contribution is 7.80. The van der Waals surface area contributed by atoms with E-state index in [1.165, 1.54) is 43.0 Å². The fourth-order valence-electron chi connectivity index (χ4n) is 7.22. The summed E-state index contributed by atoms with van der Waals surface area (Å²) < 4.78 is 13.8. The van der Waals surface area contributed by atoms with Gasteiger partial charge in [-0.3, -0.25) is 4.90 Å². The monoisotopic (exact) mass is 666 g/mol. The molecule has 0 N–H and O–H groups in total. The van der Waals surface area contributed by atoms with Gasteiger partial charge in [0.25, 0.3) is 0 Å². The van der Waals surface area contributed by atoms with Crippen molar-refractivity contribution in [3.05, 3.63) is 156 Å². The number of anilines is 1. The molecule has 2 atom stereocenters. The number of fused-ring (bicyclic) bond motifs is 2. The van der Waals surface area contributed by atoms with Crippen LogP contribution < -0.4 is 36.2 Å². The minimum Gasteiger partial charge on any atom is -0.489 e. The van der Waals surface area contributed by atoms with Crippen LogP contribution in [0.4, 0.5) is 5.69 Å². The average Bonchev–Trinajstić information content (AvgIpc) is 3.14. The SMILES string of the molecule is CN1CCOc2c1ccc(P(c1ccccc1)c1ccccc1)c2C1=C(P(c2ccccc2)c2ccccc2)C=C[C@H]2[C@@H]1OCCN2C. The van der Waals surface area contributed by atoms with Gasteiger partial charge in [0, 0.05) is 24.7 Å². The predicted octanol–water partition coefficient (Wildman–Crippen LogP) is 6.39. The largest absolute Gasteiger partial charge is 0.489 e. The molecule has 2 aliphatic heterocycles. The van der Waals surface area contributed by atoms with Crippen molar-refractivity contribution in [2.24, 2.45) is 0 Å². The topological polar surface area (TPSA) is 24.9 Å². The lowest BCUT2D eigenvalue weighted by Gasteiger charge is -2.44. The second-order valence-electron chi connectivity index (χ2n) is 12.5. The van der Waals surface area contributed by atoms with Crippen molar-refractivity contribution in [3.63, 3.8) is 0 Å². The Kier molecular flexibility index (Phi) is 9.00. The maximum atomic E-state index is 6.93. The van der Waals surface area contributed by atoms with Crippen molar-refractivity contribution in [2.75, 3.05) is 45.3 Å². The zero-order valence-corrected chi connectivity index (χ0v) is 29.2. The number of hydrogen-bond donors (Lipinski definition) is 0. The molecule has 8 rings (SSSR count). The first kappa shape index (κ1) is 31.2. The molecule has 0 bridgehead atoms. The van der Waals surface area contributed by atoms with Crippen LogP contribution in [0.5, 0.6) is 5.75 Å². The lowest BCUT2D eigenvalue weighted by molar-refractivity contribution is -0.0153. The number of hydrogen-bond acceptors (Lipinski definition) is 4. The van der Waals surface area contributed by atoms with Crippen LogP contribution in [-0.2, 0) is 4.74 Å². The van der Waals surface area contributed by atoms with Crippen molar-refractivity contribution in [1.29, 1.82) is 0 Å². The van der Waals surface area contributed by atoms with Gasteiger partial charge in [0.15, 0.2) is 5.75 Å². The van der Waals surface area contributed by atoms with Gasteiger partial charge in [0.2, 0.25) is 0 Å². The quantitative estimate of drug-likeness (QED) is 0.188. The summed E-state index contributed by atoms with van der Waals surface area (Å²) in [6, 6.07) is 49.0. The highest BCUT2D eigenvalue weighted by atomic mass is 31.1. The first-order chi connectivity index (χ1) is 23.7. The Morgan fingerprint density at radius 3 is 1.71 bits per heavy atom. The van der Waals surface area contributed by atoms with E-state index in [2.05, 4.69) is 170 Å². The molecule has 0 unspecified atom stereocenters. The van der Waals surface area contributed by atoms with Gasteiger partial charge < -0.3 is 14.4 Å². The van der Waals surface area contributed by atoms with Crippen LogP contribution in [0.2, 0.25) is 0 Å². The Labute approximate surface area is 286 Å². The van der Waals surface area contributed by atoms with Gasteiger partial charge in [0.05, 0.1) is 24.9 Å². The molecule has 1 saturated heterocycles. The van der Waals surface area contributed by atoms with Crippen molar-refractivity contribution >= 4 is 53.6 Å². The third-order valence-corrected chi connectivity index (χ3v) is 14.6. The van der Waals surface area contributed by atoms with Crippen LogP contribution in [0, 0.1) is 0 Å². The zero-order valence-electron chi connectivity index (χ0n) is 27.4. The van der Waals surface area contributed by atoms with Crippen LogP contribution in [0.3, 0.4) is 0 Å². The molecule has 0 amide bonds. The summed E-state index contributed by atoms with van der Waals surface area (Å²) in [6.45, 7) is 3.10. The standard InChI is InChI=1S/C42H40N2O2P2/c1-43-27-29-45-41-35(43)23-25-37(47(31-15-7-3-8-16-31)32-17-9-4-10-18-32)39(41)40-38(26-24-36-42(40)46-30-28-44(36)2)48(33-19-11-5-12-20-33)34-21-13-6-14-22-34/h3-26,35,41H,27-30H2,1-2H3/t35-,41-/m0/s1. The molecule has 5 aromatic carbocycles. The van der Waals surface area contributed by atoms with Gasteiger partial charge >= 0.3 is 0 Å². The number of likely N-dealkylation sites (N-methyl/N-ethyl adjacent to an activating group) is 2. The van der Waals surface area contributed by atoms with Crippen LogP contribution in [0.1, 0.15) is 5.56 Å².